The summed E-state index contributed by atoms with van der Waals surface area (Å²) in [5.41, 5.74) is 0.430. The van der Waals surface area contributed by atoms with Crippen LogP contribution in [0.1, 0.15) is 27.2 Å². The smallest absolute Gasteiger partial charge is 0.308 e. The molecule has 0 aliphatic heterocycles. The standard InChI is InChI=1S/C13H17BrClNO2/c1-13(2,3)18-11(17)7-8-16-10-6-4-5-9(15)12(10)14/h4-6,16H,7-8H2,1-3H3. The topological polar surface area (TPSA) is 38.3 Å². The van der Waals surface area contributed by atoms with E-state index in [1.165, 1.54) is 0 Å². The lowest BCUT2D eigenvalue weighted by atomic mass is 10.2. The highest BCUT2D eigenvalue weighted by Crippen LogP contribution is 2.29. The molecule has 18 heavy (non-hydrogen) atoms. The van der Waals surface area contributed by atoms with Gasteiger partial charge in [0.25, 0.3) is 0 Å². The molecule has 3 nitrogen and oxygen atoms in total. The third kappa shape index (κ3) is 5.27. The van der Waals surface area contributed by atoms with Gasteiger partial charge >= 0.3 is 5.97 Å². The van der Waals surface area contributed by atoms with Crippen LogP contribution in [0, 0.1) is 0 Å². The zero-order valence-corrected chi connectivity index (χ0v) is 13.1. The molecule has 100 valence electrons. The number of carbonyl (C=O) groups is 1. The van der Waals surface area contributed by atoms with Crippen molar-refractivity contribution in [3.05, 3.63) is 27.7 Å². The number of benzene rings is 1. The summed E-state index contributed by atoms with van der Waals surface area (Å²) in [5, 5.41) is 3.77. The lowest BCUT2D eigenvalue weighted by Crippen LogP contribution is -2.25. The largest absolute Gasteiger partial charge is 0.460 e. The van der Waals surface area contributed by atoms with Crippen molar-refractivity contribution in [2.24, 2.45) is 0 Å². The second-order valence-corrected chi connectivity index (χ2v) is 6.06. The third-order valence-corrected chi connectivity index (χ3v) is 3.41. The van der Waals surface area contributed by atoms with Crippen LogP contribution in [0.15, 0.2) is 22.7 Å². The van der Waals surface area contributed by atoms with Gasteiger partial charge in [0.15, 0.2) is 0 Å². The van der Waals surface area contributed by atoms with E-state index in [1.807, 2.05) is 32.9 Å². The van der Waals surface area contributed by atoms with Crippen LogP contribution in [0.25, 0.3) is 0 Å². The van der Waals surface area contributed by atoms with Gasteiger partial charge in [0.05, 0.1) is 15.9 Å². The second kappa shape index (κ2) is 6.43. The van der Waals surface area contributed by atoms with E-state index in [9.17, 15) is 4.79 Å². The van der Waals surface area contributed by atoms with Gasteiger partial charge in [-0.25, -0.2) is 0 Å². The maximum absolute atomic E-state index is 11.5. The minimum Gasteiger partial charge on any atom is -0.460 e. The van der Waals surface area contributed by atoms with Crippen LogP contribution in [0.2, 0.25) is 5.02 Å². The van der Waals surface area contributed by atoms with Crippen LogP contribution < -0.4 is 5.32 Å². The molecule has 0 unspecified atom stereocenters. The van der Waals surface area contributed by atoms with E-state index in [1.54, 1.807) is 6.07 Å². The van der Waals surface area contributed by atoms with Crippen molar-refractivity contribution >= 4 is 39.2 Å². The lowest BCUT2D eigenvalue weighted by Gasteiger charge is -2.19. The molecule has 0 fully saturated rings. The Kier molecular flexibility index (Phi) is 5.47. The van der Waals surface area contributed by atoms with E-state index < -0.39 is 5.60 Å². The van der Waals surface area contributed by atoms with Gasteiger partial charge in [-0.3, -0.25) is 4.79 Å². The Morgan fingerprint density at radius 1 is 1.44 bits per heavy atom. The van der Waals surface area contributed by atoms with Crippen molar-refractivity contribution in [3.63, 3.8) is 0 Å². The van der Waals surface area contributed by atoms with Crippen LogP contribution in [-0.2, 0) is 9.53 Å². The highest BCUT2D eigenvalue weighted by Gasteiger charge is 2.15. The fraction of sp³-hybridized carbons (Fsp3) is 0.462. The second-order valence-electron chi connectivity index (χ2n) is 4.86. The number of rotatable bonds is 4. The van der Waals surface area contributed by atoms with Crippen LogP contribution in [0.5, 0.6) is 0 Å². The Labute approximate surface area is 121 Å². The van der Waals surface area contributed by atoms with Crippen molar-refractivity contribution < 1.29 is 9.53 Å². The summed E-state index contributed by atoms with van der Waals surface area (Å²) in [6, 6.07) is 5.54. The zero-order chi connectivity index (χ0) is 13.8. The first-order valence-corrected chi connectivity index (χ1v) is 6.86. The van der Waals surface area contributed by atoms with Crippen LogP contribution >= 0.6 is 27.5 Å². The van der Waals surface area contributed by atoms with Gasteiger partial charge < -0.3 is 10.1 Å². The number of hydrogen-bond acceptors (Lipinski definition) is 3. The molecule has 0 atom stereocenters. The number of hydrogen-bond donors (Lipinski definition) is 1. The molecule has 5 heteroatoms. The summed E-state index contributed by atoms with van der Waals surface area (Å²) < 4.78 is 6.01. The van der Waals surface area contributed by atoms with Crippen molar-refractivity contribution in [1.82, 2.24) is 0 Å². The average molecular weight is 335 g/mol. The minimum atomic E-state index is -0.437. The zero-order valence-electron chi connectivity index (χ0n) is 10.7. The molecule has 0 amide bonds. The molecule has 0 bridgehead atoms. The van der Waals surface area contributed by atoms with E-state index in [0.29, 0.717) is 18.0 Å². The lowest BCUT2D eigenvalue weighted by molar-refractivity contribution is -0.154. The Bertz CT molecular complexity index is 429. The summed E-state index contributed by atoms with van der Waals surface area (Å²) in [6.45, 7) is 6.07. The predicted octanol–water partition coefficient (Wildman–Crippen LogP) is 4.25. The highest BCUT2D eigenvalue weighted by atomic mass is 79.9. The molecule has 0 aromatic heterocycles. The summed E-state index contributed by atoms with van der Waals surface area (Å²) in [7, 11) is 0. The van der Waals surface area contributed by atoms with Crippen molar-refractivity contribution in [1.29, 1.82) is 0 Å². The molecule has 0 spiro atoms. The molecular weight excluding hydrogens is 318 g/mol. The number of esters is 1. The molecular formula is C13H17BrClNO2. The van der Waals surface area contributed by atoms with Gasteiger partial charge in [-0.05, 0) is 48.8 Å². The Morgan fingerprint density at radius 2 is 2.11 bits per heavy atom. The number of anilines is 1. The molecule has 1 rings (SSSR count). The molecule has 1 N–H and O–H groups in total. The first kappa shape index (κ1) is 15.3. The molecule has 0 aliphatic carbocycles. The van der Waals surface area contributed by atoms with E-state index in [0.717, 1.165) is 10.2 Å². The predicted molar refractivity (Wildman–Crippen MR) is 78.1 cm³/mol. The van der Waals surface area contributed by atoms with E-state index in [4.69, 9.17) is 16.3 Å². The van der Waals surface area contributed by atoms with E-state index in [-0.39, 0.29) is 5.97 Å². The number of carbonyl (C=O) groups excluding carboxylic acids is 1. The first-order chi connectivity index (χ1) is 8.29. The molecule has 1 aromatic carbocycles. The maximum Gasteiger partial charge on any atom is 0.308 e. The van der Waals surface area contributed by atoms with Crippen LogP contribution in [-0.4, -0.2) is 18.1 Å². The molecule has 0 aliphatic rings. The Balaban J connectivity index is 2.43. The first-order valence-electron chi connectivity index (χ1n) is 5.69. The molecule has 0 saturated carbocycles. The average Bonchev–Trinajstić information content (AvgIpc) is 2.21. The SMILES string of the molecule is CC(C)(C)OC(=O)CCNc1cccc(Cl)c1Br. The van der Waals surface area contributed by atoms with Gasteiger partial charge in [0.1, 0.15) is 5.60 Å². The third-order valence-electron chi connectivity index (χ3n) is 2.02. The molecule has 1 aromatic rings. The molecule has 0 radical (unpaired) electrons. The number of ether oxygens (including phenoxy) is 1. The van der Waals surface area contributed by atoms with E-state index in [2.05, 4.69) is 21.2 Å². The maximum atomic E-state index is 11.5. The van der Waals surface area contributed by atoms with Gasteiger partial charge in [-0.15, -0.1) is 0 Å². The number of halogens is 2. The van der Waals surface area contributed by atoms with Gasteiger partial charge in [0.2, 0.25) is 0 Å². The minimum absolute atomic E-state index is 0.215. The van der Waals surface area contributed by atoms with Gasteiger partial charge in [0, 0.05) is 12.2 Å². The van der Waals surface area contributed by atoms with Crippen LogP contribution in [0.4, 0.5) is 5.69 Å². The van der Waals surface area contributed by atoms with Gasteiger partial charge in [-0.1, -0.05) is 17.7 Å². The highest BCUT2D eigenvalue weighted by molar-refractivity contribution is 9.10. The summed E-state index contributed by atoms with van der Waals surface area (Å²) >= 11 is 9.35. The van der Waals surface area contributed by atoms with Crippen molar-refractivity contribution in [2.45, 2.75) is 32.8 Å². The fourth-order valence-corrected chi connectivity index (χ4v) is 1.91. The van der Waals surface area contributed by atoms with Gasteiger partial charge in [-0.2, -0.15) is 0 Å². The van der Waals surface area contributed by atoms with Crippen molar-refractivity contribution in [3.8, 4) is 0 Å². The Hall–Kier alpha value is -0.740. The summed E-state index contributed by atoms with van der Waals surface area (Å²) in [4.78, 5) is 11.5. The Morgan fingerprint density at radius 3 is 2.72 bits per heavy atom. The van der Waals surface area contributed by atoms with Crippen LogP contribution in [0.3, 0.4) is 0 Å². The monoisotopic (exact) mass is 333 g/mol. The summed E-state index contributed by atoms with van der Waals surface area (Å²) in [5.74, 6) is -0.215. The quantitative estimate of drug-likeness (QED) is 0.837. The molecule has 0 heterocycles. The fourth-order valence-electron chi connectivity index (χ4n) is 1.33. The normalized spacial score (nSPS) is 11.2. The molecule has 0 saturated heterocycles. The van der Waals surface area contributed by atoms with Crippen molar-refractivity contribution in [2.75, 3.05) is 11.9 Å². The number of nitrogens with one attached hydrogen (secondary N) is 1. The summed E-state index contributed by atoms with van der Waals surface area (Å²) in [6.07, 6.45) is 0.316. The van der Waals surface area contributed by atoms with E-state index >= 15 is 0 Å².